The van der Waals surface area contributed by atoms with Crippen LogP contribution in [-0.2, 0) is 4.74 Å². The Kier molecular flexibility index (Phi) is 3.62. The Morgan fingerprint density at radius 2 is 1.69 bits per heavy atom. The Hall–Kier alpha value is -1.28. The zero-order valence-electron chi connectivity index (χ0n) is 10.1. The van der Waals surface area contributed by atoms with E-state index in [0.29, 0.717) is 0 Å². The van der Waals surface area contributed by atoms with Crippen LogP contribution in [0, 0.1) is 0 Å². The third-order valence-corrected chi connectivity index (χ3v) is 2.85. The van der Waals surface area contributed by atoms with Crippen molar-refractivity contribution < 1.29 is 4.74 Å². The summed E-state index contributed by atoms with van der Waals surface area (Å²) < 4.78 is 5.40. The average molecular weight is 217 g/mol. The topological polar surface area (TPSA) is 12.5 Å². The minimum Gasteiger partial charge on any atom is -0.378 e. The van der Waals surface area contributed by atoms with Gasteiger partial charge in [-0.15, -0.1) is 0 Å². The molecule has 1 aromatic carbocycles. The van der Waals surface area contributed by atoms with Crippen molar-refractivity contribution in [3.05, 3.63) is 41.5 Å². The lowest BCUT2D eigenvalue weighted by Gasteiger charge is -2.32. The van der Waals surface area contributed by atoms with Crippen molar-refractivity contribution in [2.75, 3.05) is 26.3 Å². The summed E-state index contributed by atoms with van der Waals surface area (Å²) in [6.07, 6.45) is 0. The van der Waals surface area contributed by atoms with E-state index in [0.717, 1.165) is 26.3 Å². The highest BCUT2D eigenvalue weighted by Crippen LogP contribution is 2.23. The van der Waals surface area contributed by atoms with Gasteiger partial charge >= 0.3 is 0 Å². The number of hydrogen-bond donors (Lipinski definition) is 0. The quantitative estimate of drug-likeness (QED) is 0.755. The van der Waals surface area contributed by atoms with Crippen LogP contribution in [0.25, 0.3) is 5.70 Å². The summed E-state index contributed by atoms with van der Waals surface area (Å²) in [5, 5.41) is 0. The van der Waals surface area contributed by atoms with Crippen molar-refractivity contribution in [3.8, 4) is 0 Å². The van der Waals surface area contributed by atoms with Crippen molar-refractivity contribution in [2.45, 2.75) is 13.8 Å². The zero-order valence-corrected chi connectivity index (χ0v) is 10.1. The van der Waals surface area contributed by atoms with E-state index in [9.17, 15) is 0 Å². The molecular weight excluding hydrogens is 198 g/mol. The predicted molar refractivity (Wildman–Crippen MR) is 67.1 cm³/mol. The van der Waals surface area contributed by atoms with Gasteiger partial charge in [-0.25, -0.2) is 0 Å². The highest BCUT2D eigenvalue weighted by atomic mass is 16.5. The molecule has 0 N–H and O–H groups in total. The number of hydrogen-bond acceptors (Lipinski definition) is 2. The summed E-state index contributed by atoms with van der Waals surface area (Å²) in [4.78, 5) is 2.42. The first-order valence-electron chi connectivity index (χ1n) is 5.84. The summed E-state index contributed by atoms with van der Waals surface area (Å²) in [5.74, 6) is 0. The Bertz CT molecular complexity index is 360. The van der Waals surface area contributed by atoms with Crippen molar-refractivity contribution in [1.29, 1.82) is 0 Å². The van der Waals surface area contributed by atoms with Gasteiger partial charge in [-0.3, -0.25) is 0 Å². The van der Waals surface area contributed by atoms with Gasteiger partial charge in [0.15, 0.2) is 0 Å². The molecule has 0 atom stereocenters. The number of benzene rings is 1. The lowest BCUT2D eigenvalue weighted by molar-refractivity contribution is 0.0637. The lowest BCUT2D eigenvalue weighted by atomic mass is 10.1. The van der Waals surface area contributed by atoms with E-state index in [4.69, 9.17) is 4.74 Å². The van der Waals surface area contributed by atoms with Crippen molar-refractivity contribution in [3.63, 3.8) is 0 Å². The largest absolute Gasteiger partial charge is 0.378 e. The van der Waals surface area contributed by atoms with Crippen LogP contribution < -0.4 is 0 Å². The third-order valence-electron chi connectivity index (χ3n) is 2.85. The van der Waals surface area contributed by atoms with Crippen LogP contribution >= 0.6 is 0 Å². The van der Waals surface area contributed by atoms with Crippen LogP contribution in [0.5, 0.6) is 0 Å². The van der Waals surface area contributed by atoms with Crippen molar-refractivity contribution in [1.82, 2.24) is 4.90 Å². The summed E-state index contributed by atoms with van der Waals surface area (Å²) in [6, 6.07) is 10.6. The molecule has 2 nitrogen and oxygen atoms in total. The Morgan fingerprint density at radius 3 is 2.25 bits per heavy atom. The highest BCUT2D eigenvalue weighted by Gasteiger charge is 2.15. The van der Waals surface area contributed by atoms with E-state index < -0.39 is 0 Å². The monoisotopic (exact) mass is 217 g/mol. The molecule has 1 fully saturated rings. The van der Waals surface area contributed by atoms with Gasteiger partial charge in [0, 0.05) is 18.8 Å². The number of allylic oxidation sites excluding steroid dienone is 1. The Morgan fingerprint density at radius 1 is 1.06 bits per heavy atom. The van der Waals surface area contributed by atoms with E-state index in [1.54, 1.807) is 0 Å². The zero-order chi connectivity index (χ0) is 11.4. The Balaban J connectivity index is 2.28. The molecule has 1 aliphatic heterocycles. The SMILES string of the molecule is CC(C)=C(c1ccccc1)N1CCOCC1. The number of ether oxygens (including phenoxy) is 1. The normalized spacial score (nSPS) is 16.0. The van der Waals surface area contributed by atoms with Crippen LogP contribution in [0.1, 0.15) is 19.4 Å². The molecule has 0 amide bonds. The highest BCUT2D eigenvalue weighted by molar-refractivity contribution is 5.66. The smallest absolute Gasteiger partial charge is 0.0642 e. The number of rotatable bonds is 2. The minimum absolute atomic E-state index is 0.837. The molecular formula is C14H19NO. The van der Waals surface area contributed by atoms with Crippen LogP contribution in [-0.4, -0.2) is 31.2 Å². The van der Waals surface area contributed by atoms with Crippen LogP contribution in [0.4, 0.5) is 0 Å². The fraction of sp³-hybridized carbons (Fsp3) is 0.429. The van der Waals surface area contributed by atoms with Crippen molar-refractivity contribution >= 4 is 5.70 Å². The van der Waals surface area contributed by atoms with Gasteiger partial charge in [-0.1, -0.05) is 35.9 Å². The van der Waals surface area contributed by atoms with E-state index >= 15 is 0 Å². The fourth-order valence-electron chi connectivity index (χ4n) is 2.17. The van der Waals surface area contributed by atoms with Crippen LogP contribution in [0.2, 0.25) is 0 Å². The van der Waals surface area contributed by atoms with Gasteiger partial charge < -0.3 is 9.64 Å². The summed E-state index contributed by atoms with van der Waals surface area (Å²) in [7, 11) is 0. The second kappa shape index (κ2) is 5.17. The predicted octanol–water partition coefficient (Wildman–Crippen LogP) is 2.77. The van der Waals surface area contributed by atoms with Gasteiger partial charge in [0.1, 0.15) is 0 Å². The lowest BCUT2D eigenvalue weighted by Crippen LogP contribution is -2.35. The molecule has 0 unspecified atom stereocenters. The first-order valence-corrected chi connectivity index (χ1v) is 5.84. The molecule has 1 aromatic rings. The molecule has 0 aromatic heterocycles. The maximum absolute atomic E-state index is 5.40. The maximum atomic E-state index is 5.40. The molecule has 2 heteroatoms. The summed E-state index contributed by atoms with van der Waals surface area (Å²) in [6.45, 7) is 8.02. The second-order valence-corrected chi connectivity index (χ2v) is 4.31. The molecule has 0 bridgehead atoms. The molecule has 16 heavy (non-hydrogen) atoms. The molecule has 2 rings (SSSR count). The molecule has 1 heterocycles. The molecule has 0 radical (unpaired) electrons. The van der Waals surface area contributed by atoms with Gasteiger partial charge in [0.05, 0.1) is 13.2 Å². The van der Waals surface area contributed by atoms with E-state index in [1.807, 2.05) is 0 Å². The third kappa shape index (κ3) is 2.45. The van der Waals surface area contributed by atoms with Crippen LogP contribution in [0.15, 0.2) is 35.9 Å². The van der Waals surface area contributed by atoms with Gasteiger partial charge in [0.2, 0.25) is 0 Å². The molecule has 86 valence electrons. The minimum atomic E-state index is 0.837. The first kappa shape index (κ1) is 11.2. The molecule has 0 aliphatic carbocycles. The summed E-state index contributed by atoms with van der Waals surface area (Å²) >= 11 is 0. The molecule has 0 saturated carbocycles. The van der Waals surface area contributed by atoms with Crippen LogP contribution in [0.3, 0.4) is 0 Å². The first-order chi connectivity index (χ1) is 7.79. The average Bonchev–Trinajstić information content (AvgIpc) is 2.31. The maximum Gasteiger partial charge on any atom is 0.0642 e. The second-order valence-electron chi connectivity index (χ2n) is 4.31. The van der Waals surface area contributed by atoms with Gasteiger partial charge in [-0.05, 0) is 19.4 Å². The van der Waals surface area contributed by atoms with Gasteiger partial charge in [-0.2, -0.15) is 0 Å². The Labute approximate surface area is 97.5 Å². The molecule has 1 aliphatic rings. The molecule has 1 saturated heterocycles. The van der Waals surface area contributed by atoms with E-state index in [-0.39, 0.29) is 0 Å². The van der Waals surface area contributed by atoms with E-state index in [2.05, 4.69) is 49.1 Å². The fourth-order valence-corrected chi connectivity index (χ4v) is 2.17. The van der Waals surface area contributed by atoms with Crippen molar-refractivity contribution in [2.24, 2.45) is 0 Å². The van der Waals surface area contributed by atoms with E-state index in [1.165, 1.54) is 16.8 Å². The molecule has 0 spiro atoms. The van der Waals surface area contributed by atoms with Gasteiger partial charge in [0.25, 0.3) is 0 Å². The summed E-state index contributed by atoms with van der Waals surface area (Å²) in [5.41, 5.74) is 4.04. The standard InChI is InChI=1S/C14H19NO/c1-12(2)14(13-6-4-3-5-7-13)15-8-10-16-11-9-15/h3-7H,8-11H2,1-2H3. The number of nitrogens with zero attached hydrogens (tertiary/aromatic N) is 1. The number of morpholine rings is 1.